The molecule has 2 nitrogen and oxygen atoms in total. The monoisotopic (exact) mass is 251 g/mol. The molecule has 0 bridgehead atoms. The van der Waals surface area contributed by atoms with Crippen molar-refractivity contribution >= 4 is 17.1 Å². The third-order valence-electron chi connectivity index (χ3n) is 3.84. The lowest BCUT2D eigenvalue weighted by Gasteiger charge is -2.27. The fraction of sp³-hybridized carbons (Fsp3) is 0.714. The number of hydrogen-bond acceptors (Lipinski definition) is 3. The highest BCUT2D eigenvalue weighted by molar-refractivity contribution is 7.09. The number of ketones is 1. The predicted molar refractivity (Wildman–Crippen MR) is 71.3 cm³/mol. The first kappa shape index (κ1) is 12.7. The quantitative estimate of drug-likeness (QED) is 0.815. The van der Waals surface area contributed by atoms with E-state index in [4.69, 9.17) is 0 Å². The van der Waals surface area contributed by atoms with E-state index in [0.717, 1.165) is 29.5 Å². The first-order valence-electron chi connectivity index (χ1n) is 6.62. The molecule has 2 rings (SSSR count). The number of rotatable bonds is 4. The zero-order chi connectivity index (χ0) is 12.3. The molecule has 1 aliphatic carbocycles. The van der Waals surface area contributed by atoms with Gasteiger partial charge >= 0.3 is 0 Å². The molecule has 1 saturated carbocycles. The van der Waals surface area contributed by atoms with Crippen LogP contribution >= 0.6 is 11.3 Å². The molecule has 2 unspecified atom stereocenters. The smallest absolute Gasteiger partial charge is 0.141 e. The van der Waals surface area contributed by atoms with Crippen molar-refractivity contribution in [1.82, 2.24) is 4.98 Å². The molecule has 0 N–H and O–H groups in total. The number of Topliss-reactive ketones (excluding diaryl/α,β-unsaturated/α-hetero) is 1. The molecule has 0 aliphatic heterocycles. The van der Waals surface area contributed by atoms with Gasteiger partial charge in [-0.3, -0.25) is 4.79 Å². The number of carbonyl (C=O) groups excluding carboxylic acids is 1. The van der Waals surface area contributed by atoms with Crippen LogP contribution in [0.2, 0.25) is 0 Å². The molecule has 1 fully saturated rings. The van der Waals surface area contributed by atoms with Crippen LogP contribution in [0.25, 0.3) is 0 Å². The summed E-state index contributed by atoms with van der Waals surface area (Å²) in [6.45, 7) is 4.23. The van der Waals surface area contributed by atoms with Gasteiger partial charge in [0.15, 0.2) is 0 Å². The molecule has 0 amide bonds. The van der Waals surface area contributed by atoms with Gasteiger partial charge in [0.1, 0.15) is 5.78 Å². The molecule has 0 aromatic carbocycles. The van der Waals surface area contributed by atoms with Gasteiger partial charge in [0, 0.05) is 17.7 Å². The third-order valence-corrected chi connectivity index (χ3v) is 4.66. The van der Waals surface area contributed by atoms with E-state index < -0.39 is 0 Å². The summed E-state index contributed by atoms with van der Waals surface area (Å²) in [4.78, 5) is 16.6. The first-order valence-corrected chi connectivity index (χ1v) is 7.50. The highest BCUT2D eigenvalue weighted by Crippen LogP contribution is 2.32. The van der Waals surface area contributed by atoms with Crippen LogP contribution in [0, 0.1) is 18.8 Å². The third kappa shape index (κ3) is 3.38. The van der Waals surface area contributed by atoms with E-state index in [2.05, 4.69) is 11.9 Å². The fourth-order valence-electron chi connectivity index (χ4n) is 2.77. The number of aromatic nitrogens is 1. The molecule has 0 radical (unpaired) electrons. The molecule has 17 heavy (non-hydrogen) atoms. The maximum absolute atomic E-state index is 12.2. The van der Waals surface area contributed by atoms with Crippen molar-refractivity contribution in [2.75, 3.05) is 0 Å². The van der Waals surface area contributed by atoms with Crippen molar-refractivity contribution in [3.63, 3.8) is 0 Å². The summed E-state index contributed by atoms with van der Waals surface area (Å²) in [6.07, 6.45) is 6.52. The SMILES string of the molecule is CCC1CCCC(C(=O)Cc2csc(C)n2)C1. The molecule has 1 aromatic rings. The summed E-state index contributed by atoms with van der Waals surface area (Å²) in [5.74, 6) is 1.49. The Balaban J connectivity index is 1.91. The van der Waals surface area contributed by atoms with Crippen molar-refractivity contribution in [3.8, 4) is 0 Å². The van der Waals surface area contributed by atoms with Gasteiger partial charge in [-0.25, -0.2) is 4.98 Å². The standard InChI is InChI=1S/C14H21NOS/c1-3-11-5-4-6-12(7-11)14(16)8-13-9-17-10(2)15-13/h9,11-12H,3-8H2,1-2H3. The minimum Gasteiger partial charge on any atom is -0.299 e. The van der Waals surface area contributed by atoms with Crippen molar-refractivity contribution in [3.05, 3.63) is 16.1 Å². The summed E-state index contributed by atoms with van der Waals surface area (Å²) in [5, 5.41) is 3.08. The van der Waals surface area contributed by atoms with Gasteiger partial charge in [-0.1, -0.05) is 26.2 Å². The maximum atomic E-state index is 12.2. The van der Waals surface area contributed by atoms with E-state index >= 15 is 0 Å². The second-order valence-electron chi connectivity index (χ2n) is 5.14. The number of aryl methyl sites for hydroxylation is 1. The summed E-state index contributed by atoms with van der Waals surface area (Å²) in [6, 6.07) is 0. The molecular formula is C14H21NOS. The molecule has 0 saturated heterocycles. The molecule has 1 heterocycles. The van der Waals surface area contributed by atoms with Crippen LogP contribution in [0.4, 0.5) is 0 Å². The largest absolute Gasteiger partial charge is 0.299 e. The zero-order valence-electron chi connectivity index (χ0n) is 10.7. The van der Waals surface area contributed by atoms with E-state index in [0.29, 0.717) is 18.1 Å². The topological polar surface area (TPSA) is 30.0 Å². The number of thiazole rings is 1. The molecule has 2 atom stereocenters. The van der Waals surface area contributed by atoms with Gasteiger partial charge in [0.2, 0.25) is 0 Å². The number of hydrogen-bond donors (Lipinski definition) is 0. The van der Waals surface area contributed by atoms with E-state index in [1.165, 1.54) is 19.3 Å². The van der Waals surface area contributed by atoms with Gasteiger partial charge < -0.3 is 0 Å². The van der Waals surface area contributed by atoms with Crippen molar-refractivity contribution in [1.29, 1.82) is 0 Å². The summed E-state index contributed by atoms with van der Waals surface area (Å²) in [7, 11) is 0. The van der Waals surface area contributed by atoms with Crippen molar-refractivity contribution in [2.24, 2.45) is 11.8 Å². The van der Waals surface area contributed by atoms with E-state index in [9.17, 15) is 4.79 Å². The Hall–Kier alpha value is -0.700. The van der Waals surface area contributed by atoms with Crippen molar-refractivity contribution < 1.29 is 4.79 Å². The Bertz CT molecular complexity index is 385. The Morgan fingerprint density at radius 1 is 1.53 bits per heavy atom. The second kappa shape index (κ2) is 5.76. The van der Waals surface area contributed by atoms with Crippen LogP contribution in [-0.4, -0.2) is 10.8 Å². The summed E-state index contributed by atoms with van der Waals surface area (Å²) >= 11 is 1.63. The van der Waals surface area contributed by atoms with Gasteiger partial charge in [0.05, 0.1) is 10.7 Å². The van der Waals surface area contributed by atoms with Crippen LogP contribution in [0.5, 0.6) is 0 Å². The van der Waals surface area contributed by atoms with Crippen LogP contribution in [0.15, 0.2) is 5.38 Å². The molecule has 3 heteroatoms. The van der Waals surface area contributed by atoms with Crippen LogP contribution in [0.1, 0.15) is 49.7 Å². The molecular weight excluding hydrogens is 230 g/mol. The van der Waals surface area contributed by atoms with E-state index in [1.54, 1.807) is 11.3 Å². The maximum Gasteiger partial charge on any atom is 0.141 e. The molecule has 94 valence electrons. The average Bonchev–Trinajstić information content (AvgIpc) is 2.75. The Labute approximate surface area is 107 Å². The average molecular weight is 251 g/mol. The Morgan fingerprint density at radius 3 is 3.00 bits per heavy atom. The summed E-state index contributed by atoms with van der Waals surface area (Å²) < 4.78 is 0. The minimum absolute atomic E-state index is 0.302. The normalized spacial score (nSPS) is 24.8. The van der Waals surface area contributed by atoms with Crippen LogP contribution < -0.4 is 0 Å². The number of carbonyl (C=O) groups is 1. The Morgan fingerprint density at radius 2 is 2.35 bits per heavy atom. The first-order chi connectivity index (χ1) is 8.19. The predicted octanol–water partition coefficient (Wildman–Crippen LogP) is 3.78. The van der Waals surface area contributed by atoms with Crippen LogP contribution in [-0.2, 0) is 11.2 Å². The summed E-state index contributed by atoms with van der Waals surface area (Å²) in [5.41, 5.74) is 0.969. The fourth-order valence-corrected chi connectivity index (χ4v) is 3.38. The van der Waals surface area contributed by atoms with Gasteiger partial charge in [-0.15, -0.1) is 11.3 Å². The van der Waals surface area contributed by atoms with Crippen LogP contribution in [0.3, 0.4) is 0 Å². The highest BCUT2D eigenvalue weighted by Gasteiger charge is 2.26. The van der Waals surface area contributed by atoms with Gasteiger partial charge in [-0.05, 0) is 25.7 Å². The molecule has 0 spiro atoms. The lowest BCUT2D eigenvalue weighted by Crippen LogP contribution is -2.24. The number of nitrogens with zero attached hydrogens (tertiary/aromatic N) is 1. The zero-order valence-corrected chi connectivity index (χ0v) is 11.6. The minimum atomic E-state index is 0.302. The molecule has 1 aliphatic rings. The lowest BCUT2D eigenvalue weighted by atomic mass is 9.77. The van der Waals surface area contributed by atoms with Crippen molar-refractivity contribution in [2.45, 2.75) is 52.4 Å². The second-order valence-corrected chi connectivity index (χ2v) is 6.20. The van der Waals surface area contributed by atoms with Gasteiger partial charge in [-0.2, -0.15) is 0 Å². The Kier molecular flexibility index (Phi) is 4.32. The highest BCUT2D eigenvalue weighted by atomic mass is 32.1. The molecule has 1 aromatic heterocycles. The van der Waals surface area contributed by atoms with E-state index in [-0.39, 0.29) is 0 Å². The van der Waals surface area contributed by atoms with E-state index in [1.807, 2.05) is 12.3 Å². The lowest BCUT2D eigenvalue weighted by molar-refractivity contribution is -0.123. The van der Waals surface area contributed by atoms with Gasteiger partial charge in [0.25, 0.3) is 0 Å².